The third-order valence-corrected chi connectivity index (χ3v) is 2.76. The van der Waals surface area contributed by atoms with E-state index in [9.17, 15) is 8.78 Å². The van der Waals surface area contributed by atoms with Gasteiger partial charge in [-0.1, -0.05) is 24.3 Å². The molecule has 2 aromatic carbocycles. The number of ether oxygens (including phenoxy) is 1. The highest BCUT2D eigenvalue weighted by atomic mass is 19.2. The van der Waals surface area contributed by atoms with Gasteiger partial charge in [0.1, 0.15) is 5.75 Å². The van der Waals surface area contributed by atoms with Crippen LogP contribution in [0, 0.1) is 11.6 Å². The number of hydrogen-bond acceptors (Lipinski definition) is 2. The monoisotopic (exact) mass is 264 g/mol. The second kappa shape index (κ2) is 6.29. The highest BCUT2D eigenvalue weighted by Crippen LogP contribution is 2.15. The standard InChI is InChI=1S/C15H14F2O2/c16-14-6-5-13(9-15(14)17)19-8-7-11-1-3-12(10-18)4-2-11/h1-6,9,18H,7-8,10H2. The Hall–Kier alpha value is -1.94. The van der Waals surface area contributed by atoms with Gasteiger partial charge < -0.3 is 9.84 Å². The van der Waals surface area contributed by atoms with Crippen LogP contribution in [0.5, 0.6) is 5.75 Å². The summed E-state index contributed by atoms with van der Waals surface area (Å²) in [6, 6.07) is 11.0. The number of aliphatic hydroxyl groups excluding tert-OH is 1. The number of hydrogen-bond donors (Lipinski definition) is 1. The van der Waals surface area contributed by atoms with Gasteiger partial charge in [0.25, 0.3) is 0 Å². The van der Waals surface area contributed by atoms with Crippen LogP contribution in [-0.2, 0) is 13.0 Å². The van der Waals surface area contributed by atoms with Gasteiger partial charge in [0.05, 0.1) is 13.2 Å². The van der Waals surface area contributed by atoms with Crippen LogP contribution in [-0.4, -0.2) is 11.7 Å². The summed E-state index contributed by atoms with van der Waals surface area (Å²) >= 11 is 0. The van der Waals surface area contributed by atoms with E-state index in [2.05, 4.69) is 0 Å². The van der Waals surface area contributed by atoms with Crippen LogP contribution in [0.25, 0.3) is 0 Å². The van der Waals surface area contributed by atoms with Gasteiger partial charge in [-0.05, 0) is 23.3 Å². The van der Waals surface area contributed by atoms with Crippen molar-refractivity contribution in [1.29, 1.82) is 0 Å². The predicted octanol–water partition coefficient (Wildman–Crippen LogP) is 3.08. The normalized spacial score (nSPS) is 10.5. The maximum absolute atomic E-state index is 12.9. The highest BCUT2D eigenvalue weighted by molar-refractivity contribution is 5.24. The fourth-order valence-electron chi connectivity index (χ4n) is 1.66. The summed E-state index contributed by atoms with van der Waals surface area (Å²) in [6.07, 6.45) is 0.657. The minimum absolute atomic E-state index is 0.0195. The average molecular weight is 264 g/mol. The molecule has 4 heteroatoms. The van der Waals surface area contributed by atoms with E-state index in [-0.39, 0.29) is 6.61 Å². The fraction of sp³-hybridized carbons (Fsp3) is 0.200. The summed E-state index contributed by atoms with van der Waals surface area (Å²) in [5, 5.41) is 8.91. The molecule has 2 nitrogen and oxygen atoms in total. The molecule has 2 rings (SSSR count). The van der Waals surface area contributed by atoms with Gasteiger partial charge in [-0.15, -0.1) is 0 Å². The molecule has 0 bridgehead atoms. The summed E-state index contributed by atoms with van der Waals surface area (Å²) < 4.78 is 31.0. The molecule has 0 radical (unpaired) electrons. The molecule has 19 heavy (non-hydrogen) atoms. The number of aliphatic hydroxyl groups is 1. The van der Waals surface area contributed by atoms with Gasteiger partial charge in [-0.3, -0.25) is 0 Å². The van der Waals surface area contributed by atoms with Gasteiger partial charge in [-0.2, -0.15) is 0 Å². The van der Waals surface area contributed by atoms with Crippen LogP contribution in [0.3, 0.4) is 0 Å². The van der Waals surface area contributed by atoms with Crippen molar-refractivity contribution in [2.45, 2.75) is 13.0 Å². The second-order valence-corrected chi connectivity index (χ2v) is 4.15. The first-order valence-electron chi connectivity index (χ1n) is 5.95. The van der Waals surface area contributed by atoms with Crippen molar-refractivity contribution in [1.82, 2.24) is 0 Å². The largest absolute Gasteiger partial charge is 0.493 e. The van der Waals surface area contributed by atoms with Crippen molar-refractivity contribution < 1.29 is 18.6 Å². The Labute approximate surface area is 110 Å². The molecule has 0 saturated carbocycles. The van der Waals surface area contributed by atoms with E-state index in [1.54, 1.807) is 0 Å². The van der Waals surface area contributed by atoms with E-state index in [0.717, 1.165) is 23.3 Å². The molecule has 0 unspecified atom stereocenters. The van der Waals surface area contributed by atoms with Crippen molar-refractivity contribution >= 4 is 0 Å². The molecular weight excluding hydrogens is 250 g/mol. The Morgan fingerprint density at radius 1 is 0.895 bits per heavy atom. The van der Waals surface area contributed by atoms with Crippen molar-refractivity contribution in [3.05, 3.63) is 65.2 Å². The molecule has 2 aromatic rings. The first kappa shape index (κ1) is 13.5. The summed E-state index contributed by atoms with van der Waals surface area (Å²) in [4.78, 5) is 0. The highest BCUT2D eigenvalue weighted by Gasteiger charge is 2.03. The van der Waals surface area contributed by atoms with Gasteiger partial charge in [0.2, 0.25) is 0 Å². The molecule has 1 N–H and O–H groups in total. The first-order valence-corrected chi connectivity index (χ1v) is 5.95. The molecule has 0 aliphatic rings. The zero-order valence-corrected chi connectivity index (χ0v) is 10.3. The summed E-state index contributed by atoms with van der Waals surface area (Å²) in [5.74, 6) is -1.48. The van der Waals surface area contributed by atoms with Crippen LogP contribution >= 0.6 is 0 Å². The van der Waals surface area contributed by atoms with E-state index in [4.69, 9.17) is 9.84 Å². The van der Waals surface area contributed by atoms with E-state index in [0.29, 0.717) is 18.8 Å². The minimum atomic E-state index is -0.912. The van der Waals surface area contributed by atoms with Crippen LogP contribution in [0.4, 0.5) is 8.78 Å². The molecule has 0 amide bonds. The van der Waals surface area contributed by atoms with Gasteiger partial charge in [0, 0.05) is 12.5 Å². The van der Waals surface area contributed by atoms with Gasteiger partial charge in [0.15, 0.2) is 11.6 Å². The van der Waals surface area contributed by atoms with Gasteiger partial charge in [-0.25, -0.2) is 8.78 Å². The molecule has 0 fully saturated rings. The van der Waals surface area contributed by atoms with E-state index < -0.39 is 11.6 Å². The minimum Gasteiger partial charge on any atom is -0.493 e. The fourth-order valence-corrected chi connectivity index (χ4v) is 1.66. The molecule has 0 saturated heterocycles. The number of benzene rings is 2. The van der Waals surface area contributed by atoms with E-state index in [1.165, 1.54) is 6.07 Å². The molecule has 0 aromatic heterocycles. The van der Waals surface area contributed by atoms with Gasteiger partial charge >= 0.3 is 0 Å². The van der Waals surface area contributed by atoms with Crippen LogP contribution in [0.1, 0.15) is 11.1 Å². The lowest BCUT2D eigenvalue weighted by Crippen LogP contribution is -2.02. The second-order valence-electron chi connectivity index (χ2n) is 4.15. The molecular formula is C15H14F2O2. The van der Waals surface area contributed by atoms with Crippen molar-refractivity contribution in [3.8, 4) is 5.75 Å². The molecule has 0 aliphatic carbocycles. The molecule has 0 spiro atoms. The summed E-state index contributed by atoms with van der Waals surface area (Å²) in [6.45, 7) is 0.398. The summed E-state index contributed by atoms with van der Waals surface area (Å²) in [5.41, 5.74) is 1.91. The Kier molecular flexibility index (Phi) is 4.47. The quantitative estimate of drug-likeness (QED) is 0.899. The maximum Gasteiger partial charge on any atom is 0.162 e. The lowest BCUT2D eigenvalue weighted by Gasteiger charge is -2.07. The zero-order chi connectivity index (χ0) is 13.7. The number of rotatable bonds is 5. The average Bonchev–Trinajstić information content (AvgIpc) is 2.43. The third kappa shape index (κ3) is 3.76. The Balaban J connectivity index is 1.86. The van der Waals surface area contributed by atoms with Crippen LogP contribution in [0.2, 0.25) is 0 Å². The lowest BCUT2D eigenvalue weighted by atomic mass is 10.1. The zero-order valence-electron chi connectivity index (χ0n) is 10.3. The number of halogens is 2. The Bertz CT molecular complexity index is 538. The Morgan fingerprint density at radius 2 is 1.58 bits per heavy atom. The van der Waals surface area contributed by atoms with Crippen LogP contribution in [0.15, 0.2) is 42.5 Å². The van der Waals surface area contributed by atoms with E-state index >= 15 is 0 Å². The molecule has 100 valence electrons. The SMILES string of the molecule is OCc1ccc(CCOc2ccc(F)c(F)c2)cc1. The maximum atomic E-state index is 12.9. The lowest BCUT2D eigenvalue weighted by molar-refractivity contribution is 0.282. The predicted molar refractivity (Wildman–Crippen MR) is 67.9 cm³/mol. The van der Waals surface area contributed by atoms with Crippen molar-refractivity contribution in [2.75, 3.05) is 6.61 Å². The molecule has 0 heterocycles. The molecule has 0 atom stereocenters. The topological polar surface area (TPSA) is 29.5 Å². The summed E-state index contributed by atoms with van der Waals surface area (Å²) in [7, 11) is 0. The van der Waals surface area contributed by atoms with Crippen molar-refractivity contribution in [2.24, 2.45) is 0 Å². The molecule has 0 aliphatic heterocycles. The smallest absolute Gasteiger partial charge is 0.162 e. The third-order valence-electron chi connectivity index (χ3n) is 2.76. The Morgan fingerprint density at radius 3 is 2.21 bits per heavy atom. The first-order chi connectivity index (χ1) is 9.19. The van der Waals surface area contributed by atoms with Crippen LogP contribution < -0.4 is 4.74 Å². The van der Waals surface area contributed by atoms with Crippen molar-refractivity contribution in [3.63, 3.8) is 0 Å². The van der Waals surface area contributed by atoms with E-state index in [1.807, 2.05) is 24.3 Å².